The molecule has 12 heavy (non-hydrogen) atoms. The third kappa shape index (κ3) is 6.43. The van der Waals surface area contributed by atoms with Gasteiger partial charge in [-0.1, -0.05) is 0 Å². The van der Waals surface area contributed by atoms with Crippen molar-refractivity contribution < 1.29 is 9.90 Å². The standard InChI is InChI=1S/C8H16ClNO2/c1-8(2,9)4-6(5-10)3-7(11)12/h6H,3-5,10H2,1-2H3,(H,11,12)/t6-/m1/s1. The third-order valence-corrected chi connectivity index (χ3v) is 1.73. The summed E-state index contributed by atoms with van der Waals surface area (Å²) in [5.41, 5.74) is 5.41. The lowest BCUT2D eigenvalue weighted by molar-refractivity contribution is -0.138. The van der Waals surface area contributed by atoms with Gasteiger partial charge in [0.25, 0.3) is 0 Å². The van der Waals surface area contributed by atoms with Gasteiger partial charge in [-0.3, -0.25) is 4.79 Å². The van der Waals surface area contributed by atoms with Gasteiger partial charge in [-0.25, -0.2) is 0 Å². The average Bonchev–Trinajstić information content (AvgIpc) is 1.82. The van der Waals surface area contributed by atoms with Crippen LogP contribution >= 0.6 is 11.6 Å². The summed E-state index contributed by atoms with van der Waals surface area (Å²) < 4.78 is 0. The van der Waals surface area contributed by atoms with Crippen molar-refractivity contribution in [1.29, 1.82) is 0 Å². The van der Waals surface area contributed by atoms with Crippen LogP contribution in [0.4, 0.5) is 0 Å². The summed E-state index contributed by atoms with van der Waals surface area (Å²) >= 11 is 5.94. The fourth-order valence-electron chi connectivity index (χ4n) is 1.17. The maximum atomic E-state index is 10.4. The number of nitrogens with two attached hydrogens (primary N) is 1. The Bertz CT molecular complexity index is 154. The topological polar surface area (TPSA) is 63.3 Å². The Morgan fingerprint density at radius 2 is 2.17 bits per heavy atom. The van der Waals surface area contributed by atoms with Crippen molar-refractivity contribution in [1.82, 2.24) is 0 Å². The van der Waals surface area contributed by atoms with E-state index in [0.717, 1.165) is 0 Å². The zero-order chi connectivity index (χ0) is 9.78. The van der Waals surface area contributed by atoms with E-state index in [4.69, 9.17) is 22.4 Å². The summed E-state index contributed by atoms with van der Waals surface area (Å²) in [6.45, 7) is 4.10. The molecule has 0 rings (SSSR count). The number of carbonyl (C=O) groups is 1. The summed E-state index contributed by atoms with van der Waals surface area (Å²) in [5, 5.41) is 8.51. The molecule has 0 aliphatic rings. The molecule has 0 saturated heterocycles. The van der Waals surface area contributed by atoms with Crippen LogP contribution < -0.4 is 5.73 Å². The number of rotatable bonds is 5. The number of carboxylic acids is 1. The Kier molecular flexibility index (Phi) is 4.57. The second kappa shape index (κ2) is 4.67. The Hall–Kier alpha value is -0.280. The molecule has 0 aliphatic heterocycles. The van der Waals surface area contributed by atoms with Gasteiger partial charge in [0.15, 0.2) is 0 Å². The van der Waals surface area contributed by atoms with Crippen LogP contribution in [0.1, 0.15) is 26.7 Å². The van der Waals surface area contributed by atoms with Gasteiger partial charge >= 0.3 is 5.97 Å². The number of alkyl halides is 1. The summed E-state index contributed by atoms with van der Waals surface area (Å²) in [6.07, 6.45) is 0.740. The van der Waals surface area contributed by atoms with Gasteiger partial charge in [0.1, 0.15) is 0 Å². The van der Waals surface area contributed by atoms with Crippen molar-refractivity contribution in [3.63, 3.8) is 0 Å². The molecule has 0 spiro atoms. The van der Waals surface area contributed by atoms with Crippen LogP contribution in [-0.4, -0.2) is 22.5 Å². The molecule has 0 saturated carbocycles. The summed E-state index contributed by atoms with van der Waals surface area (Å²) in [6, 6.07) is 0. The molecule has 3 N–H and O–H groups in total. The molecule has 1 atom stereocenters. The van der Waals surface area contributed by atoms with Crippen LogP contribution in [0.5, 0.6) is 0 Å². The minimum Gasteiger partial charge on any atom is -0.481 e. The zero-order valence-electron chi connectivity index (χ0n) is 7.51. The molecule has 0 heterocycles. The van der Waals surface area contributed by atoms with Crippen molar-refractivity contribution in [2.45, 2.75) is 31.6 Å². The molecular weight excluding hydrogens is 178 g/mol. The van der Waals surface area contributed by atoms with E-state index in [1.807, 2.05) is 13.8 Å². The maximum absolute atomic E-state index is 10.4. The van der Waals surface area contributed by atoms with Gasteiger partial charge in [-0.15, -0.1) is 11.6 Å². The molecule has 4 heteroatoms. The molecule has 0 aromatic heterocycles. The smallest absolute Gasteiger partial charge is 0.303 e. The lowest BCUT2D eigenvalue weighted by Crippen LogP contribution is -2.25. The highest BCUT2D eigenvalue weighted by Gasteiger charge is 2.21. The van der Waals surface area contributed by atoms with Crippen LogP contribution in [0.3, 0.4) is 0 Å². The van der Waals surface area contributed by atoms with Crippen molar-refractivity contribution in [3.8, 4) is 0 Å². The minimum atomic E-state index is -0.814. The van der Waals surface area contributed by atoms with Gasteiger partial charge in [0, 0.05) is 11.3 Å². The van der Waals surface area contributed by atoms with Crippen molar-refractivity contribution >= 4 is 17.6 Å². The number of hydrogen-bond donors (Lipinski definition) is 2. The number of aliphatic carboxylic acids is 1. The van der Waals surface area contributed by atoms with E-state index in [0.29, 0.717) is 13.0 Å². The molecule has 0 fully saturated rings. The van der Waals surface area contributed by atoms with Crippen molar-refractivity contribution in [2.75, 3.05) is 6.54 Å². The molecule has 0 aromatic carbocycles. The Balaban J connectivity index is 3.92. The highest BCUT2D eigenvalue weighted by Crippen LogP contribution is 2.24. The molecule has 0 unspecified atom stereocenters. The zero-order valence-corrected chi connectivity index (χ0v) is 8.27. The molecule has 0 aliphatic carbocycles. The molecule has 0 radical (unpaired) electrons. The van der Waals surface area contributed by atoms with Crippen LogP contribution in [0.25, 0.3) is 0 Å². The van der Waals surface area contributed by atoms with Gasteiger partial charge in [0.2, 0.25) is 0 Å². The first-order chi connectivity index (χ1) is 5.35. The van der Waals surface area contributed by atoms with E-state index in [1.165, 1.54) is 0 Å². The van der Waals surface area contributed by atoms with E-state index in [-0.39, 0.29) is 17.2 Å². The summed E-state index contributed by atoms with van der Waals surface area (Å²) in [7, 11) is 0. The molecule has 0 bridgehead atoms. The normalized spacial score (nSPS) is 14.3. The SMILES string of the molecule is CC(C)(Cl)C[C@H](CN)CC(=O)O. The highest BCUT2D eigenvalue weighted by molar-refractivity contribution is 6.23. The number of hydrogen-bond acceptors (Lipinski definition) is 2. The highest BCUT2D eigenvalue weighted by atomic mass is 35.5. The molecule has 0 aromatic rings. The van der Waals surface area contributed by atoms with Crippen LogP contribution in [0, 0.1) is 5.92 Å². The van der Waals surface area contributed by atoms with Crippen molar-refractivity contribution in [2.24, 2.45) is 11.7 Å². The quantitative estimate of drug-likeness (QED) is 0.650. The molecule has 3 nitrogen and oxygen atoms in total. The van der Waals surface area contributed by atoms with Gasteiger partial charge < -0.3 is 10.8 Å². The molecular formula is C8H16ClNO2. The Labute approximate surface area is 77.9 Å². The molecule has 0 amide bonds. The van der Waals surface area contributed by atoms with E-state index >= 15 is 0 Å². The first kappa shape index (κ1) is 11.7. The number of halogens is 1. The predicted molar refractivity (Wildman–Crippen MR) is 49.3 cm³/mol. The minimum absolute atomic E-state index is 0.0185. The predicted octanol–water partition coefficient (Wildman–Crippen LogP) is 1.44. The number of carboxylic acid groups (broad SMARTS) is 1. The van der Waals surface area contributed by atoms with Crippen LogP contribution in [-0.2, 0) is 4.79 Å². The average molecular weight is 194 g/mol. The lowest BCUT2D eigenvalue weighted by atomic mass is 9.94. The Morgan fingerprint density at radius 1 is 1.67 bits per heavy atom. The summed E-state index contributed by atoms with van der Waals surface area (Å²) in [5.74, 6) is -0.832. The summed E-state index contributed by atoms with van der Waals surface area (Å²) in [4.78, 5) is 9.99. The van der Waals surface area contributed by atoms with Crippen molar-refractivity contribution in [3.05, 3.63) is 0 Å². The van der Waals surface area contributed by atoms with Crippen LogP contribution in [0.2, 0.25) is 0 Å². The first-order valence-corrected chi connectivity index (χ1v) is 4.33. The Morgan fingerprint density at radius 3 is 2.42 bits per heavy atom. The van der Waals surface area contributed by atoms with Gasteiger partial charge in [-0.05, 0) is 32.7 Å². The fourth-order valence-corrected chi connectivity index (χ4v) is 1.39. The molecule has 72 valence electrons. The van der Waals surface area contributed by atoms with E-state index < -0.39 is 5.97 Å². The maximum Gasteiger partial charge on any atom is 0.303 e. The first-order valence-electron chi connectivity index (χ1n) is 3.96. The van der Waals surface area contributed by atoms with E-state index in [1.54, 1.807) is 0 Å². The van der Waals surface area contributed by atoms with Crippen LogP contribution in [0.15, 0.2) is 0 Å². The fraction of sp³-hybridized carbons (Fsp3) is 0.875. The lowest BCUT2D eigenvalue weighted by Gasteiger charge is -2.21. The van der Waals surface area contributed by atoms with Gasteiger partial charge in [-0.2, -0.15) is 0 Å². The van der Waals surface area contributed by atoms with Gasteiger partial charge in [0.05, 0.1) is 0 Å². The van der Waals surface area contributed by atoms with E-state index in [9.17, 15) is 4.79 Å². The van der Waals surface area contributed by atoms with E-state index in [2.05, 4.69) is 0 Å². The largest absolute Gasteiger partial charge is 0.481 e. The second-order valence-corrected chi connectivity index (χ2v) is 4.65. The monoisotopic (exact) mass is 193 g/mol. The second-order valence-electron chi connectivity index (χ2n) is 3.62. The third-order valence-electron chi connectivity index (χ3n) is 1.57.